The summed E-state index contributed by atoms with van der Waals surface area (Å²) in [6, 6.07) is 7.98. The number of hydrogen-bond acceptors (Lipinski definition) is 5. The third-order valence-electron chi connectivity index (χ3n) is 2.98. The minimum atomic E-state index is -3.37. The fourth-order valence-electron chi connectivity index (χ4n) is 1.75. The van der Waals surface area contributed by atoms with Crippen LogP contribution >= 0.6 is 0 Å². The van der Waals surface area contributed by atoms with E-state index in [0.717, 1.165) is 0 Å². The average Bonchev–Trinajstić information content (AvgIpc) is 2.44. The van der Waals surface area contributed by atoms with Gasteiger partial charge in [0.1, 0.15) is 0 Å². The highest BCUT2D eigenvalue weighted by Crippen LogP contribution is 2.12. The van der Waals surface area contributed by atoms with Crippen molar-refractivity contribution in [1.29, 1.82) is 5.26 Å². The molecule has 0 radical (unpaired) electrons. The van der Waals surface area contributed by atoms with E-state index in [-0.39, 0.29) is 17.3 Å². The summed E-state index contributed by atoms with van der Waals surface area (Å²) < 4.78 is 24.2. The van der Waals surface area contributed by atoms with Crippen molar-refractivity contribution in [1.82, 2.24) is 5.32 Å². The lowest BCUT2D eigenvalue weighted by Crippen LogP contribution is -2.27. The highest BCUT2D eigenvalue weighted by Gasteiger charge is 2.14. The number of aliphatic hydroxyl groups is 1. The van der Waals surface area contributed by atoms with Crippen LogP contribution in [0.4, 0.5) is 0 Å². The summed E-state index contributed by atoms with van der Waals surface area (Å²) in [5.41, 5.74) is 0.343. The summed E-state index contributed by atoms with van der Waals surface area (Å²) in [6.07, 6.45) is 0.698. The summed E-state index contributed by atoms with van der Waals surface area (Å²) in [6.45, 7) is 3.17. The fourth-order valence-corrected chi connectivity index (χ4v) is 3.00. The Morgan fingerprint density at radius 2 is 2.20 bits per heavy atom. The van der Waals surface area contributed by atoms with Gasteiger partial charge in [0.25, 0.3) is 0 Å². The maximum absolute atomic E-state index is 12.1. The van der Waals surface area contributed by atoms with Gasteiger partial charge in [-0.2, -0.15) is 5.26 Å². The van der Waals surface area contributed by atoms with Gasteiger partial charge in [-0.05, 0) is 37.1 Å². The van der Waals surface area contributed by atoms with E-state index >= 15 is 0 Å². The molecule has 0 aromatic heterocycles. The summed E-state index contributed by atoms with van der Waals surface area (Å²) in [4.78, 5) is 0.182. The molecule has 20 heavy (non-hydrogen) atoms. The van der Waals surface area contributed by atoms with Gasteiger partial charge in [0, 0.05) is 13.2 Å². The summed E-state index contributed by atoms with van der Waals surface area (Å²) in [7, 11) is -3.37. The van der Waals surface area contributed by atoms with E-state index in [1.54, 1.807) is 12.1 Å². The number of hydrogen-bond donors (Lipinski definition) is 2. The number of nitrogens with one attached hydrogen (secondary N) is 1. The van der Waals surface area contributed by atoms with Gasteiger partial charge >= 0.3 is 0 Å². The van der Waals surface area contributed by atoms with Gasteiger partial charge in [-0.25, -0.2) is 8.42 Å². The molecule has 0 spiro atoms. The standard InChI is InChI=1S/C14H20N2O3S/c1-12(5-7-17)11-16-6-8-20(18,19)14-4-2-3-13(9-14)10-15/h2-4,9,12,16-17H,5-8,11H2,1H3. The van der Waals surface area contributed by atoms with Gasteiger partial charge in [-0.15, -0.1) is 0 Å². The Labute approximate surface area is 120 Å². The van der Waals surface area contributed by atoms with Gasteiger partial charge in [0.2, 0.25) is 0 Å². The van der Waals surface area contributed by atoms with Crippen LogP contribution in [0.15, 0.2) is 29.2 Å². The quantitative estimate of drug-likeness (QED) is 0.697. The van der Waals surface area contributed by atoms with E-state index in [9.17, 15) is 8.42 Å². The van der Waals surface area contributed by atoms with E-state index in [2.05, 4.69) is 5.32 Å². The number of benzene rings is 1. The topological polar surface area (TPSA) is 90.2 Å². The molecule has 2 N–H and O–H groups in total. The molecule has 0 aliphatic rings. The zero-order valence-electron chi connectivity index (χ0n) is 11.5. The number of sulfone groups is 1. The Morgan fingerprint density at radius 1 is 1.45 bits per heavy atom. The highest BCUT2D eigenvalue weighted by atomic mass is 32.2. The van der Waals surface area contributed by atoms with E-state index in [4.69, 9.17) is 10.4 Å². The number of rotatable bonds is 8. The molecule has 0 fully saturated rings. The van der Waals surface area contributed by atoms with E-state index < -0.39 is 9.84 Å². The number of nitriles is 1. The molecule has 1 aromatic rings. The molecular weight excluding hydrogens is 276 g/mol. The molecule has 0 heterocycles. The van der Waals surface area contributed by atoms with Crippen molar-refractivity contribution in [3.63, 3.8) is 0 Å². The van der Waals surface area contributed by atoms with Gasteiger partial charge in [-0.3, -0.25) is 0 Å². The van der Waals surface area contributed by atoms with Gasteiger partial charge in [-0.1, -0.05) is 13.0 Å². The molecule has 1 atom stereocenters. The Bertz CT molecular complexity index is 564. The van der Waals surface area contributed by atoms with Crippen molar-refractivity contribution in [3.05, 3.63) is 29.8 Å². The summed E-state index contributed by atoms with van der Waals surface area (Å²) >= 11 is 0. The Morgan fingerprint density at radius 3 is 2.85 bits per heavy atom. The second kappa shape index (κ2) is 8.00. The fraction of sp³-hybridized carbons (Fsp3) is 0.500. The monoisotopic (exact) mass is 296 g/mol. The van der Waals surface area contributed by atoms with Crippen LogP contribution in [0, 0.1) is 17.2 Å². The highest BCUT2D eigenvalue weighted by molar-refractivity contribution is 7.91. The lowest BCUT2D eigenvalue weighted by atomic mass is 10.1. The van der Waals surface area contributed by atoms with Gasteiger partial charge in [0.05, 0.1) is 22.3 Å². The molecule has 0 aliphatic heterocycles. The normalized spacial score (nSPS) is 12.8. The van der Waals surface area contributed by atoms with Crippen molar-refractivity contribution in [2.45, 2.75) is 18.2 Å². The number of nitrogens with zero attached hydrogens (tertiary/aromatic N) is 1. The molecule has 0 saturated carbocycles. The van der Waals surface area contributed by atoms with E-state index in [0.29, 0.717) is 31.0 Å². The van der Waals surface area contributed by atoms with E-state index in [1.165, 1.54) is 12.1 Å². The van der Waals surface area contributed by atoms with Crippen LogP contribution in [0.2, 0.25) is 0 Å². The molecule has 0 bridgehead atoms. The largest absolute Gasteiger partial charge is 0.396 e. The van der Waals surface area contributed by atoms with Crippen LogP contribution in [0.3, 0.4) is 0 Å². The van der Waals surface area contributed by atoms with Crippen LogP contribution in [0.1, 0.15) is 18.9 Å². The van der Waals surface area contributed by atoms with Crippen molar-refractivity contribution >= 4 is 9.84 Å². The SMILES string of the molecule is CC(CCO)CNCCS(=O)(=O)c1cccc(C#N)c1. The third-order valence-corrected chi connectivity index (χ3v) is 4.70. The zero-order chi connectivity index (χ0) is 15.0. The Hall–Kier alpha value is -1.42. The first-order chi connectivity index (χ1) is 9.49. The Balaban J connectivity index is 2.52. The van der Waals surface area contributed by atoms with Crippen LogP contribution in [-0.2, 0) is 9.84 Å². The second-order valence-corrected chi connectivity index (χ2v) is 6.89. The maximum Gasteiger partial charge on any atom is 0.179 e. The minimum absolute atomic E-state index is 0.00622. The van der Waals surface area contributed by atoms with Crippen LogP contribution < -0.4 is 5.32 Å². The van der Waals surface area contributed by atoms with E-state index in [1.807, 2.05) is 13.0 Å². The summed E-state index contributed by atoms with van der Waals surface area (Å²) in [5, 5.41) is 20.6. The molecule has 0 saturated heterocycles. The predicted octanol–water partition coefficient (Wildman–Crippen LogP) is 0.940. The van der Waals surface area contributed by atoms with Crippen molar-refractivity contribution in [2.24, 2.45) is 5.92 Å². The third kappa shape index (κ3) is 5.29. The molecule has 1 aromatic carbocycles. The van der Waals surface area contributed by atoms with Crippen molar-refractivity contribution in [3.8, 4) is 6.07 Å². The first-order valence-corrected chi connectivity index (χ1v) is 8.19. The van der Waals surface area contributed by atoms with Gasteiger partial charge < -0.3 is 10.4 Å². The molecule has 0 amide bonds. The van der Waals surface area contributed by atoms with Gasteiger partial charge in [0.15, 0.2) is 9.84 Å². The first kappa shape index (κ1) is 16.6. The molecule has 5 nitrogen and oxygen atoms in total. The first-order valence-electron chi connectivity index (χ1n) is 6.54. The molecule has 0 aliphatic carbocycles. The Kier molecular flexibility index (Phi) is 6.65. The zero-order valence-corrected chi connectivity index (χ0v) is 12.4. The molecule has 1 unspecified atom stereocenters. The lowest BCUT2D eigenvalue weighted by Gasteiger charge is -2.11. The van der Waals surface area contributed by atoms with Crippen LogP contribution in [0.5, 0.6) is 0 Å². The molecular formula is C14H20N2O3S. The smallest absolute Gasteiger partial charge is 0.179 e. The average molecular weight is 296 g/mol. The van der Waals surface area contributed by atoms with Crippen LogP contribution in [0.25, 0.3) is 0 Å². The van der Waals surface area contributed by atoms with Crippen LogP contribution in [-0.4, -0.2) is 39.0 Å². The lowest BCUT2D eigenvalue weighted by molar-refractivity contribution is 0.260. The molecule has 110 valence electrons. The second-order valence-electron chi connectivity index (χ2n) is 4.78. The minimum Gasteiger partial charge on any atom is -0.396 e. The predicted molar refractivity (Wildman–Crippen MR) is 76.9 cm³/mol. The van der Waals surface area contributed by atoms with Crippen molar-refractivity contribution < 1.29 is 13.5 Å². The van der Waals surface area contributed by atoms with Crippen molar-refractivity contribution in [2.75, 3.05) is 25.4 Å². The number of aliphatic hydroxyl groups excluding tert-OH is 1. The maximum atomic E-state index is 12.1. The summed E-state index contributed by atoms with van der Waals surface area (Å²) in [5.74, 6) is 0.304. The molecule has 6 heteroatoms. The molecule has 1 rings (SSSR count).